The Balaban J connectivity index is 1.84. The molecule has 3 rings (SSSR count). The Morgan fingerprint density at radius 2 is 1.96 bits per heavy atom. The number of thioether (sulfide) groups is 1. The number of benzene rings is 2. The fourth-order valence-corrected chi connectivity index (χ4v) is 3.13. The SMILES string of the molecule is CCOc1cc(C=C2SC(=O)NC2=O)ccc1OC(=O)c1cccc(OC)c1. The minimum Gasteiger partial charge on any atom is -0.497 e. The molecule has 1 aliphatic rings. The molecule has 0 bridgehead atoms. The van der Waals surface area contributed by atoms with E-state index < -0.39 is 17.1 Å². The fraction of sp³-hybridized carbons (Fsp3) is 0.150. The van der Waals surface area contributed by atoms with E-state index in [0.29, 0.717) is 29.2 Å². The Morgan fingerprint density at radius 1 is 1.14 bits per heavy atom. The van der Waals surface area contributed by atoms with Crippen LogP contribution in [0.25, 0.3) is 6.08 Å². The third-order valence-corrected chi connectivity index (χ3v) is 4.53. The number of rotatable bonds is 6. The molecule has 1 saturated heterocycles. The van der Waals surface area contributed by atoms with Crippen LogP contribution in [0.5, 0.6) is 17.2 Å². The average Bonchev–Trinajstić information content (AvgIpc) is 3.00. The van der Waals surface area contributed by atoms with Crippen molar-refractivity contribution in [3.05, 3.63) is 58.5 Å². The highest BCUT2D eigenvalue weighted by molar-refractivity contribution is 8.18. The molecule has 2 amide bonds. The Labute approximate surface area is 165 Å². The summed E-state index contributed by atoms with van der Waals surface area (Å²) in [5.74, 6) is 0.145. The summed E-state index contributed by atoms with van der Waals surface area (Å²) < 4.78 is 16.1. The van der Waals surface area contributed by atoms with Crippen LogP contribution >= 0.6 is 11.8 Å². The van der Waals surface area contributed by atoms with Gasteiger partial charge in [0.2, 0.25) is 0 Å². The number of carbonyl (C=O) groups is 3. The first-order chi connectivity index (χ1) is 13.5. The van der Waals surface area contributed by atoms with E-state index in [1.807, 2.05) is 0 Å². The zero-order valence-electron chi connectivity index (χ0n) is 15.2. The van der Waals surface area contributed by atoms with Crippen molar-refractivity contribution in [2.45, 2.75) is 6.92 Å². The number of carbonyl (C=O) groups excluding carboxylic acids is 3. The molecule has 1 aliphatic heterocycles. The van der Waals surface area contributed by atoms with Crippen molar-refractivity contribution in [1.82, 2.24) is 5.32 Å². The maximum atomic E-state index is 12.4. The molecule has 0 unspecified atom stereocenters. The second-order valence-electron chi connectivity index (χ2n) is 5.61. The van der Waals surface area contributed by atoms with Gasteiger partial charge < -0.3 is 14.2 Å². The van der Waals surface area contributed by atoms with Crippen molar-refractivity contribution in [3.63, 3.8) is 0 Å². The molecule has 0 atom stereocenters. The third-order valence-electron chi connectivity index (χ3n) is 3.72. The number of hydrogen-bond donors (Lipinski definition) is 1. The highest BCUT2D eigenvalue weighted by atomic mass is 32.2. The fourth-order valence-electron chi connectivity index (χ4n) is 2.45. The average molecular weight is 399 g/mol. The minimum atomic E-state index is -0.553. The van der Waals surface area contributed by atoms with E-state index in [-0.39, 0.29) is 10.7 Å². The number of hydrogen-bond acceptors (Lipinski definition) is 7. The van der Waals surface area contributed by atoms with Crippen LogP contribution in [0.15, 0.2) is 47.4 Å². The van der Waals surface area contributed by atoms with Crippen LogP contribution in [0, 0.1) is 0 Å². The molecule has 0 spiro atoms. The monoisotopic (exact) mass is 399 g/mol. The summed E-state index contributed by atoms with van der Waals surface area (Å²) in [4.78, 5) is 35.7. The van der Waals surface area contributed by atoms with Crippen molar-refractivity contribution >= 4 is 35.0 Å². The molecule has 28 heavy (non-hydrogen) atoms. The van der Waals surface area contributed by atoms with Gasteiger partial charge in [-0.15, -0.1) is 0 Å². The normalized spacial score (nSPS) is 14.7. The Kier molecular flexibility index (Phi) is 6.00. The summed E-state index contributed by atoms with van der Waals surface area (Å²) in [5, 5.41) is 1.79. The summed E-state index contributed by atoms with van der Waals surface area (Å²) in [6.07, 6.45) is 1.57. The first-order valence-electron chi connectivity index (χ1n) is 8.38. The molecule has 0 saturated carbocycles. The van der Waals surface area contributed by atoms with Crippen LogP contribution in [-0.4, -0.2) is 30.8 Å². The van der Waals surface area contributed by atoms with Gasteiger partial charge in [0.15, 0.2) is 11.5 Å². The predicted octanol–water partition coefficient (Wildman–Crippen LogP) is 3.64. The van der Waals surface area contributed by atoms with Crippen molar-refractivity contribution in [2.75, 3.05) is 13.7 Å². The van der Waals surface area contributed by atoms with E-state index in [1.54, 1.807) is 55.5 Å². The van der Waals surface area contributed by atoms with E-state index in [2.05, 4.69) is 5.32 Å². The second kappa shape index (κ2) is 8.62. The topological polar surface area (TPSA) is 90.9 Å². The largest absolute Gasteiger partial charge is 0.497 e. The summed E-state index contributed by atoms with van der Waals surface area (Å²) in [5.41, 5.74) is 0.975. The van der Waals surface area contributed by atoms with Crippen LogP contribution in [0.2, 0.25) is 0 Å². The molecule has 0 radical (unpaired) electrons. The van der Waals surface area contributed by atoms with Gasteiger partial charge in [-0.25, -0.2) is 4.79 Å². The summed E-state index contributed by atoms with van der Waals surface area (Å²) in [6, 6.07) is 11.5. The molecule has 2 aromatic carbocycles. The van der Waals surface area contributed by atoms with Crippen LogP contribution in [0.1, 0.15) is 22.8 Å². The van der Waals surface area contributed by atoms with Crippen molar-refractivity contribution in [2.24, 2.45) is 0 Å². The van der Waals surface area contributed by atoms with Gasteiger partial charge >= 0.3 is 5.97 Å². The number of esters is 1. The van der Waals surface area contributed by atoms with Crippen molar-refractivity contribution in [3.8, 4) is 17.2 Å². The van der Waals surface area contributed by atoms with E-state index in [9.17, 15) is 14.4 Å². The van der Waals surface area contributed by atoms with Crippen LogP contribution < -0.4 is 19.5 Å². The zero-order chi connectivity index (χ0) is 20.1. The molecular weight excluding hydrogens is 382 g/mol. The standard InChI is InChI=1S/C20H17NO6S/c1-3-26-16-9-12(10-17-18(22)21-20(24)28-17)7-8-15(16)27-19(23)13-5-4-6-14(11-13)25-2/h4-11H,3H2,1-2H3,(H,21,22,24). The Bertz CT molecular complexity index is 969. The quantitative estimate of drug-likeness (QED) is 0.450. The predicted molar refractivity (Wildman–Crippen MR) is 105 cm³/mol. The van der Waals surface area contributed by atoms with Crippen molar-refractivity contribution < 1.29 is 28.6 Å². The lowest BCUT2D eigenvalue weighted by atomic mass is 10.1. The maximum absolute atomic E-state index is 12.4. The molecule has 0 aliphatic carbocycles. The summed E-state index contributed by atoms with van der Waals surface area (Å²) >= 11 is 0.827. The molecule has 8 heteroatoms. The lowest BCUT2D eigenvalue weighted by Gasteiger charge is -2.12. The van der Waals surface area contributed by atoms with Gasteiger partial charge in [-0.3, -0.25) is 14.9 Å². The van der Waals surface area contributed by atoms with Gasteiger partial charge in [-0.2, -0.15) is 0 Å². The van der Waals surface area contributed by atoms with Crippen LogP contribution in [0.3, 0.4) is 0 Å². The van der Waals surface area contributed by atoms with Gasteiger partial charge in [0.05, 0.1) is 24.2 Å². The lowest BCUT2D eigenvalue weighted by molar-refractivity contribution is -0.115. The summed E-state index contributed by atoms with van der Waals surface area (Å²) in [7, 11) is 1.52. The molecule has 1 N–H and O–H groups in total. The second-order valence-corrected chi connectivity index (χ2v) is 6.63. The Morgan fingerprint density at radius 3 is 2.64 bits per heavy atom. The molecule has 0 aromatic heterocycles. The van der Waals surface area contributed by atoms with Crippen molar-refractivity contribution in [1.29, 1.82) is 0 Å². The van der Waals surface area contributed by atoms with E-state index in [1.165, 1.54) is 7.11 Å². The first-order valence-corrected chi connectivity index (χ1v) is 9.19. The number of methoxy groups -OCH3 is 1. The number of amides is 2. The molecule has 144 valence electrons. The maximum Gasteiger partial charge on any atom is 0.343 e. The van der Waals surface area contributed by atoms with E-state index in [0.717, 1.165) is 11.8 Å². The zero-order valence-corrected chi connectivity index (χ0v) is 16.0. The van der Waals surface area contributed by atoms with Gasteiger partial charge in [-0.05, 0) is 60.7 Å². The number of nitrogens with one attached hydrogen (secondary N) is 1. The number of imide groups is 1. The van der Waals surface area contributed by atoms with Crippen LogP contribution in [0.4, 0.5) is 4.79 Å². The van der Waals surface area contributed by atoms with Gasteiger partial charge in [0.25, 0.3) is 11.1 Å². The van der Waals surface area contributed by atoms with Crippen LogP contribution in [-0.2, 0) is 4.79 Å². The van der Waals surface area contributed by atoms with Gasteiger partial charge in [-0.1, -0.05) is 12.1 Å². The highest BCUT2D eigenvalue weighted by Gasteiger charge is 2.25. The Hall–Kier alpha value is -3.26. The molecule has 1 fully saturated rings. The molecular formula is C20H17NO6S. The summed E-state index contributed by atoms with van der Waals surface area (Å²) in [6.45, 7) is 2.16. The first kappa shape index (κ1) is 19.5. The molecule has 1 heterocycles. The lowest BCUT2D eigenvalue weighted by Crippen LogP contribution is -2.17. The molecule has 2 aromatic rings. The van der Waals surface area contributed by atoms with Gasteiger partial charge in [0.1, 0.15) is 5.75 Å². The highest BCUT2D eigenvalue weighted by Crippen LogP contribution is 2.32. The third kappa shape index (κ3) is 4.52. The van der Waals surface area contributed by atoms with E-state index >= 15 is 0 Å². The smallest absolute Gasteiger partial charge is 0.343 e. The van der Waals surface area contributed by atoms with Gasteiger partial charge in [0, 0.05) is 0 Å². The number of ether oxygens (including phenoxy) is 3. The molecule has 7 nitrogen and oxygen atoms in total. The minimum absolute atomic E-state index is 0.247. The van der Waals surface area contributed by atoms with E-state index in [4.69, 9.17) is 14.2 Å².